The maximum absolute atomic E-state index is 5.71. The zero-order valence-electron chi connectivity index (χ0n) is 12.5. The minimum Gasteiger partial charge on any atom is -0.486 e. The number of rotatable bonds is 4. The molecule has 1 atom stereocenters. The van der Waals surface area contributed by atoms with Gasteiger partial charge in [0.1, 0.15) is 13.2 Å². The third kappa shape index (κ3) is 2.93. The summed E-state index contributed by atoms with van der Waals surface area (Å²) < 4.78 is 11.3. The maximum atomic E-state index is 5.71. The average Bonchev–Trinajstić information content (AvgIpc) is 2.97. The van der Waals surface area contributed by atoms with Crippen LogP contribution in [0.2, 0.25) is 0 Å². The van der Waals surface area contributed by atoms with Gasteiger partial charge in [-0.05, 0) is 36.5 Å². The Morgan fingerprint density at radius 2 is 1.75 bits per heavy atom. The van der Waals surface area contributed by atoms with Crippen molar-refractivity contribution in [2.75, 3.05) is 13.2 Å². The first-order chi connectivity index (χ1) is 9.74. The lowest BCUT2D eigenvalue weighted by molar-refractivity contribution is 0.171. The first-order valence-corrected chi connectivity index (χ1v) is 7.89. The van der Waals surface area contributed by atoms with E-state index in [-0.39, 0.29) is 0 Å². The Morgan fingerprint density at radius 3 is 2.45 bits per heavy atom. The summed E-state index contributed by atoms with van der Waals surface area (Å²) in [7, 11) is 0. The number of fused-ring (bicyclic) bond motifs is 1. The molecule has 0 bridgehead atoms. The van der Waals surface area contributed by atoms with E-state index in [1.54, 1.807) is 0 Å². The molecule has 1 heterocycles. The fraction of sp³-hybridized carbons (Fsp3) is 0.647. The zero-order chi connectivity index (χ0) is 13.9. The molecule has 3 heteroatoms. The molecule has 1 unspecified atom stereocenters. The topological polar surface area (TPSA) is 30.5 Å². The lowest BCUT2D eigenvalue weighted by Gasteiger charge is -2.28. The summed E-state index contributed by atoms with van der Waals surface area (Å²) in [4.78, 5) is 0. The predicted octanol–water partition coefficient (Wildman–Crippen LogP) is 3.69. The molecule has 0 spiro atoms. The van der Waals surface area contributed by atoms with Crippen LogP contribution in [0.3, 0.4) is 0 Å². The average molecular weight is 275 g/mol. The molecular weight excluding hydrogens is 250 g/mol. The van der Waals surface area contributed by atoms with Gasteiger partial charge >= 0.3 is 0 Å². The Hall–Kier alpha value is -1.22. The molecule has 1 saturated carbocycles. The first-order valence-electron chi connectivity index (χ1n) is 7.89. The summed E-state index contributed by atoms with van der Waals surface area (Å²) in [5, 5.41) is 3.84. The molecule has 3 rings (SSSR count). The van der Waals surface area contributed by atoms with Gasteiger partial charge in [0, 0.05) is 12.1 Å². The van der Waals surface area contributed by atoms with Crippen molar-refractivity contribution in [3.05, 3.63) is 23.8 Å². The standard InChI is InChI=1S/C17H25NO2/c1-12(2)17(18-14-5-3-4-6-14)13-7-8-15-16(11-13)20-10-9-19-15/h7-8,11-12,14,17-18H,3-6,9-10H2,1-2H3. The van der Waals surface area contributed by atoms with Gasteiger partial charge in [-0.25, -0.2) is 0 Å². The molecule has 3 nitrogen and oxygen atoms in total. The summed E-state index contributed by atoms with van der Waals surface area (Å²) >= 11 is 0. The largest absolute Gasteiger partial charge is 0.486 e. The molecule has 0 aromatic heterocycles. The van der Waals surface area contributed by atoms with Crippen LogP contribution in [0.4, 0.5) is 0 Å². The van der Waals surface area contributed by atoms with E-state index in [0.29, 0.717) is 31.2 Å². The van der Waals surface area contributed by atoms with Gasteiger partial charge in [0.05, 0.1) is 0 Å². The SMILES string of the molecule is CC(C)C(NC1CCCC1)c1ccc2c(c1)OCCO2. The van der Waals surface area contributed by atoms with Gasteiger partial charge in [0.2, 0.25) is 0 Å². The number of hydrogen-bond donors (Lipinski definition) is 1. The highest BCUT2D eigenvalue weighted by molar-refractivity contribution is 5.44. The maximum Gasteiger partial charge on any atom is 0.161 e. The Balaban J connectivity index is 1.79. The monoisotopic (exact) mass is 275 g/mol. The van der Waals surface area contributed by atoms with E-state index >= 15 is 0 Å². The molecule has 1 aromatic rings. The number of hydrogen-bond acceptors (Lipinski definition) is 3. The lowest BCUT2D eigenvalue weighted by Crippen LogP contribution is -2.33. The van der Waals surface area contributed by atoms with Crippen molar-refractivity contribution in [1.82, 2.24) is 5.32 Å². The molecule has 1 N–H and O–H groups in total. The molecule has 1 aliphatic heterocycles. The van der Waals surface area contributed by atoms with E-state index in [4.69, 9.17) is 9.47 Å². The van der Waals surface area contributed by atoms with Crippen LogP contribution in [0.5, 0.6) is 11.5 Å². The molecule has 20 heavy (non-hydrogen) atoms. The predicted molar refractivity (Wildman–Crippen MR) is 80.4 cm³/mol. The minimum absolute atomic E-state index is 0.397. The fourth-order valence-corrected chi connectivity index (χ4v) is 3.27. The van der Waals surface area contributed by atoms with Crippen LogP contribution in [0.15, 0.2) is 18.2 Å². The van der Waals surface area contributed by atoms with Crippen LogP contribution >= 0.6 is 0 Å². The third-order valence-electron chi connectivity index (χ3n) is 4.36. The van der Waals surface area contributed by atoms with Crippen molar-refractivity contribution in [2.45, 2.75) is 51.6 Å². The van der Waals surface area contributed by atoms with Crippen LogP contribution in [-0.4, -0.2) is 19.3 Å². The van der Waals surface area contributed by atoms with E-state index in [1.807, 2.05) is 0 Å². The second-order valence-corrected chi connectivity index (χ2v) is 6.27. The highest BCUT2D eigenvalue weighted by Crippen LogP contribution is 2.35. The molecule has 1 aromatic carbocycles. The molecule has 0 saturated heterocycles. The molecule has 0 radical (unpaired) electrons. The van der Waals surface area contributed by atoms with Gasteiger partial charge in [-0.3, -0.25) is 0 Å². The Labute approximate surface area is 121 Å². The number of ether oxygens (including phenoxy) is 2. The van der Waals surface area contributed by atoms with Crippen molar-refractivity contribution < 1.29 is 9.47 Å². The highest BCUT2D eigenvalue weighted by Gasteiger charge is 2.24. The lowest BCUT2D eigenvalue weighted by atomic mass is 9.94. The Bertz CT molecular complexity index is 452. The Morgan fingerprint density at radius 1 is 1.05 bits per heavy atom. The highest BCUT2D eigenvalue weighted by atomic mass is 16.6. The third-order valence-corrected chi connectivity index (χ3v) is 4.36. The molecule has 2 aliphatic rings. The van der Waals surface area contributed by atoms with Crippen molar-refractivity contribution >= 4 is 0 Å². The van der Waals surface area contributed by atoms with E-state index in [1.165, 1.54) is 31.2 Å². The van der Waals surface area contributed by atoms with Crippen molar-refractivity contribution in [3.63, 3.8) is 0 Å². The van der Waals surface area contributed by atoms with E-state index in [9.17, 15) is 0 Å². The van der Waals surface area contributed by atoms with Gasteiger partial charge in [0.15, 0.2) is 11.5 Å². The Kier molecular flexibility index (Phi) is 4.16. The summed E-state index contributed by atoms with van der Waals surface area (Å²) in [5.74, 6) is 2.34. The van der Waals surface area contributed by atoms with Gasteiger partial charge in [-0.15, -0.1) is 0 Å². The zero-order valence-corrected chi connectivity index (χ0v) is 12.5. The van der Waals surface area contributed by atoms with Gasteiger partial charge in [0.25, 0.3) is 0 Å². The normalized spacial score (nSPS) is 20.4. The van der Waals surface area contributed by atoms with Crippen LogP contribution in [0, 0.1) is 5.92 Å². The van der Waals surface area contributed by atoms with Crippen LogP contribution in [0.1, 0.15) is 51.1 Å². The second kappa shape index (κ2) is 6.04. The summed E-state index contributed by atoms with van der Waals surface area (Å²) in [6, 6.07) is 7.46. The number of benzene rings is 1. The first kappa shape index (κ1) is 13.7. The van der Waals surface area contributed by atoms with Crippen molar-refractivity contribution in [1.29, 1.82) is 0 Å². The van der Waals surface area contributed by atoms with Crippen molar-refractivity contribution in [2.24, 2.45) is 5.92 Å². The minimum atomic E-state index is 0.397. The van der Waals surface area contributed by atoms with Crippen LogP contribution in [0.25, 0.3) is 0 Å². The van der Waals surface area contributed by atoms with Crippen LogP contribution < -0.4 is 14.8 Å². The fourth-order valence-electron chi connectivity index (χ4n) is 3.27. The van der Waals surface area contributed by atoms with Gasteiger partial charge in [-0.1, -0.05) is 32.8 Å². The molecule has 0 amide bonds. The van der Waals surface area contributed by atoms with E-state index < -0.39 is 0 Å². The molecule has 1 fully saturated rings. The second-order valence-electron chi connectivity index (χ2n) is 6.27. The van der Waals surface area contributed by atoms with Gasteiger partial charge in [-0.2, -0.15) is 0 Å². The van der Waals surface area contributed by atoms with Crippen molar-refractivity contribution in [3.8, 4) is 11.5 Å². The smallest absolute Gasteiger partial charge is 0.161 e. The van der Waals surface area contributed by atoms with Gasteiger partial charge < -0.3 is 14.8 Å². The quantitative estimate of drug-likeness (QED) is 0.909. The number of nitrogens with one attached hydrogen (secondary N) is 1. The summed E-state index contributed by atoms with van der Waals surface area (Å²) in [6.45, 7) is 5.87. The molecule has 1 aliphatic carbocycles. The van der Waals surface area contributed by atoms with Crippen LogP contribution in [-0.2, 0) is 0 Å². The molecule has 110 valence electrons. The van der Waals surface area contributed by atoms with E-state index in [0.717, 1.165) is 11.5 Å². The summed E-state index contributed by atoms with van der Waals surface area (Å²) in [6.07, 6.45) is 5.36. The molecular formula is C17H25NO2. The summed E-state index contributed by atoms with van der Waals surface area (Å²) in [5.41, 5.74) is 1.32. The van der Waals surface area contributed by atoms with E-state index in [2.05, 4.69) is 37.4 Å².